The van der Waals surface area contributed by atoms with E-state index in [9.17, 15) is 0 Å². The van der Waals surface area contributed by atoms with Crippen LogP contribution in [-0.2, 0) is 0 Å². The van der Waals surface area contributed by atoms with Gasteiger partial charge in [-0.15, -0.1) is 0 Å². The zero-order valence-electron chi connectivity index (χ0n) is 14.8. The summed E-state index contributed by atoms with van der Waals surface area (Å²) in [5.74, 6) is 0.953. The normalized spacial score (nSPS) is 16.2. The molecule has 3 aromatic rings. The van der Waals surface area contributed by atoms with Crippen molar-refractivity contribution < 1.29 is 0 Å². The molecule has 0 bridgehead atoms. The Hall–Kier alpha value is -2.89. The maximum Gasteiger partial charge on any atom is 0.158 e. The molecule has 140 valence electrons. The van der Waals surface area contributed by atoms with Crippen LogP contribution >= 0.6 is 23.2 Å². The summed E-state index contributed by atoms with van der Waals surface area (Å²) in [6.07, 6.45) is 6.07. The van der Waals surface area contributed by atoms with Crippen LogP contribution in [0.4, 0.5) is 17.3 Å². The summed E-state index contributed by atoms with van der Waals surface area (Å²) in [6.45, 7) is 0. The molecule has 0 spiro atoms. The van der Waals surface area contributed by atoms with Gasteiger partial charge < -0.3 is 11.1 Å². The third-order valence-corrected chi connectivity index (χ3v) is 4.94. The number of rotatable bonds is 3. The number of benzene rings is 2. The minimum Gasteiger partial charge on any atom is -0.382 e. The Morgan fingerprint density at radius 3 is 2.32 bits per heavy atom. The molecule has 1 unspecified atom stereocenters. The average molecular weight is 410 g/mol. The Labute approximate surface area is 173 Å². The van der Waals surface area contributed by atoms with Gasteiger partial charge in [-0.1, -0.05) is 53.5 Å². The molecule has 0 saturated carbocycles. The third kappa shape index (κ3) is 4.16. The SMILES string of the molecule is Nc1ncnc2c1N=C(/C=C/c1ccc(Cl)cc1)CC(c1ccc(Cl)cc1)N2. The van der Waals surface area contributed by atoms with Crippen LogP contribution in [0.1, 0.15) is 23.6 Å². The first-order valence-corrected chi connectivity index (χ1v) is 9.48. The van der Waals surface area contributed by atoms with Crippen LogP contribution in [-0.4, -0.2) is 15.7 Å². The second-order valence-corrected chi connectivity index (χ2v) is 7.27. The summed E-state index contributed by atoms with van der Waals surface area (Å²) in [6, 6.07) is 15.3. The number of aromatic nitrogens is 2. The molecule has 4 rings (SSSR count). The predicted octanol–water partition coefficient (Wildman–Crippen LogP) is 5.71. The number of nitrogens with one attached hydrogen (secondary N) is 1. The minimum atomic E-state index is -0.0264. The molecule has 0 radical (unpaired) electrons. The van der Waals surface area contributed by atoms with Gasteiger partial charge >= 0.3 is 0 Å². The second kappa shape index (κ2) is 8.00. The zero-order valence-corrected chi connectivity index (χ0v) is 16.3. The van der Waals surface area contributed by atoms with Gasteiger partial charge in [0.15, 0.2) is 11.6 Å². The highest BCUT2D eigenvalue weighted by Crippen LogP contribution is 2.36. The van der Waals surface area contributed by atoms with Crippen LogP contribution in [0.2, 0.25) is 10.0 Å². The molecule has 3 N–H and O–H groups in total. The largest absolute Gasteiger partial charge is 0.382 e. The third-order valence-electron chi connectivity index (χ3n) is 4.44. The highest BCUT2D eigenvalue weighted by molar-refractivity contribution is 6.30. The molecular formula is C21H17Cl2N5. The van der Waals surface area contributed by atoms with Gasteiger partial charge in [-0.05, 0) is 41.5 Å². The van der Waals surface area contributed by atoms with Crippen molar-refractivity contribution in [2.45, 2.75) is 12.5 Å². The van der Waals surface area contributed by atoms with E-state index in [1.165, 1.54) is 6.33 Å². The number of hydrogen-bond acceptors (Lipinski definition) is 5. The first-order valence-electron chi connectivity index (χ1n) is 8.72. The van der Waals surface area contributed by atoms with Gasteiger partial charge in [0.25, 0.3) is 0 Å². The lowest BCUT2D eigenvalue weighted by atomic mass is 10.0. The highest BCUT2D eigenvalue weighted by atomic mass is 35.5. The topological polar surface area (TPSA) is 76.2 Å². The van der Waals surface area contributed by atoms with Gasteiger partial charge in [0, 0.05) is 22.2 Å². The van der Waals surface area contributed by atoms with Gasteiger partial charge in [0.05, 0.1) is 6.04 Å². The summed E-state index contributed by atoms with van der Waals surface area (Å²) in [7, 11) is 0. The number of hydrogen-bond donors (Lipinski definition) is 2. The molecule has 7 heteroatoms. The van der Waals surface area contributed by atoms with Gasteiger partial charge in [0.2, 0.25) is 0 Å². The Balaban J connectivity index is 1.71. The zero-order chi connectivity index (χ0) is 19.5. The fourth-order valence-corrected chi connectivity index (χ4v) is 3.24. The van der Waals surface area contributed by atoms with E-state index in [1.54, 1.807) is 0 Å². The maximum absolute atomic E-state index is 6.05. The number of allylic oxidation sites excluding steroid dienone is 1. The number of nitrogen functional groups attached to an aromatic ring is 1. The molecule has 0 fully saturated rings. The van der Waals surface area contributed by atoms with Crippen LogP contribution < -0.4 is 11.1 Å². The van der Waals surface area contributed by atoms with Crippen LogP contribution in [0.5, 0.6) is 0 Å². The Morgan fingerprint density at radius 2 is 1.61 bits per heavy atom. The average Bonchev–Trinajstić information content (AvgIpc) is 2.89. The van der Waals surface area contributed by atoms with E-state index < -0.39 is 0 Å². The smallest absolute Gasteiger partial charge is 0.158 e. The predicted molar refractivity (Wildman–Crippen MR) is 116 cm³/mol. The number of aliphatic imine (C=N–C) groups is 1. The van der Waals surface area contributed by atoms with Crippen molar-refractivity contribution >= 4 is 52.3 Å². The number of anilines is 2. The molecule has 0 amide bonds. The van der Waals surface area contributed by atoms with Crippen molar-refractivity contribution in [2.24, 2.45) is 4.99 Å². The molecule has 1 aromatic heterocycles. The lowest BCUT2D eigenvalue weighted by molar-refractivity contribution is 0.823. The Morgan fingerprint density at radius 1 is 0.929 bits per heavy atom. The maximum atomic E-state index is 6.05. The van der Waals surface area contributed by atoms with Crippen LogP contribution in [0.15, 0.2) is 65.9 Å². The van der Waals surface area contributed by atoms with Crippen LogP contribution in [0.3, 0.4) is 0 Å². The van der Waals surface area contributed by atoms with E-state index >= 15 is 0 Å². The Kier molecular flexibility index (Phi) is 5.28. The van der Waals surface area contributed by atoms with Crippen LogP contribution in [0.25, 0.3) is 6.08 Å². The van der Waals surface area contributed by atoms with Crippen molar-refractivity contribution in [2.75, 3.05) is 11.1 Å². The van der Waals surface area contributed by atoms with E-state index in [2.05, 4.69) is 15.3 Å². The molecule has 2 aromatic carbocycles. The molecule has 28 heavy (non-hydrogen) atoms. The van der Waals surface area contributed by atoms with Crippen molar-refractivity contribution in [1.29, 1.82) is 0 Å². The fourth-order valence-electron chi connectivity index (χ4n) is 2.99. The number of nitrogens with zero attached hydrogens (tertiary/aromatic N) is 3. The van der Waals surface area contributed by atoms with Crippen molar-refractivity contribution in [1.82, 2.24) is 9.97 Å². The molecule has 5 nitrogen and oxygen atoms in total. The van der Waals surface area contributed by atoms with Gasteiger partial charge in [-0.3, -0.25) is 0 Å². The van der Waals surface area contributed by atoms with Crippen molar-refractivity contribution in [3.05, 3.63) is 82.1 Å². The number of halogens is 2. The van der Waals surface area contributed by atoms with Crippen LogP contribution in [0, 0.1) is 0 Å². The molecule has 0 aliphatic carbocycles. The summed E-state index contributed by atoms with van der Waals surface area (Å²) >= 11 is 12.0. The minimum absolute atomic E-state index is 0.0264. The molecular weight excluding hydrogens is 393 g/mol. The lowest BCUT2D eigenvalue weighted by Gasteiger charge is -2.18. The van der Waals surface area contributed by atoms with Gasteiger partial charge in [-0.2, -0.15) is 0 Å². The van der Waals surface area contributed by atoms with Crippen molar-refractivity contribution in [3.8, 4) is 0 Å². The monoisotopic (exact) mass is 409 g/mol. The summed E-state index contributed by atoms with van der Waals surface area (Å²) in [4.78, 5) is 13.1. The first kappa shape index (κ1) is 18.5. The number of nitrogens with two attached hydrogens (primary N) is 1. The molecule has 1 aliphatic heterocycles. The lowest BCUT2D eigenvalue weighted by Crippen LogP contribution is -2.13. The Bertz CT molecular complexity index is 1040. The summed E-state index contributed by atoms with van der Waals surface area (Å²) in [5, 5.41) is 4.83. The standard InChI is InChI=1S/C21H17Cl2N5/c22-15-6-1-13(2-7-15)3-10-17-11-18(14-4-8-16(23)9-5-14)28-21-19(27-17)20(24)25-12-26-21/h1-10,12,18H,11H2,(H3,24,25,26,28)/b10-3+. The van der Waals surface area contributed by atoms with E-state index in [1.807, 2.05) is 60.7 Å². The first-order chi connectivity index (χ1) is 13.6. The van der Waals surface area contributed by atoms with E-state index in [4.69, 9.17) is 33.9 Å². The van der Waals surface area contributed by atoms with Crippen molar-refractivity contribution in [3.63, 3.8) is 0 Å². The molecule has 2 heterocycles. The number of fused-ring (bicyclic) bond motifs is 1. The van der Waals surface area contributed by atoms with E-state index in [0.29, 0.717) is 33.8 Å². The quantitative estimate of drug-likeness (QED) is 0.580. The summed E-state index contributed by atoms with van der Waals surface area (Å²) in [5.41, 5.74) is 9.58. The van der Waals surface area contributed by atoms with Gasteiger partial charge in [0.1, 0.15) is 12.0 Å². The summed E-state index contributed by atoms with van der Waals surface area (Å²) < 4.78 is 0. The van der Waals surface area contributed by atoms with Gasteiger partial charge in [-0.25, -0.2) is 15.0 Å². The molecule has 1 aliphatic rings. The van der Waals surface area contributed by atoms with E-state index in [-0.39, 0.29) is 6.04 Å². The highest BCUT2D eigenvalue weighted by Gasteiger charge is 2.21. The second-order valence-electron chi connectivity index (χ2n) is 6.40. The van der Waals surface area contributed by atoms with E-state index in [0.717, 1.165) is 16.8 Å². The molecule has 0 saturated heterocycles. The molecule has 1 atom stereocenters. The fraction of sp³-hybridized carbons (Fsp3) is 0.0952.